The molecule has 0 atom stereocenters. The van der Waals surface area contributed by atoms with E-state index in [1.807, 2.05) is 36.4 Å². The van der Waals surface area contributed by atoms with Crippen molar-refractivity contribution < 1.29 is 14.3 Å². The Morgan fingerprint density at radius 3 is 2.69 bits per heavy atom. The lowest BCUT2D eigenvalue weighted by Gasteiger charge is -2.29. The minimum absolute atomic E-state index is 0.121. The normalized spacial score (nSPS) is 15.4. The molecule has 2 heterocycles. The van der Waals surface area contributed by atoms with Gasteiger partial charge in [-0.05, 0) is 37.1 Å². The number of benzene rings is 2. The maximum atomic E-state index is 12.7. The average molecular weight is 495 g/mol. The molecular weight excluding hydrogens is 468 g/mol. The number of para-hydroxylation sites is 1. The SMILES string of the molecule is COc1cc(N2CCOCC2)ccc1Nc1ncc(Cl)c(Nc2ccccc2C(=O)NC2CC2)n1. The third-order valence-electron chi connectivity index (χ3n) is 5.89. The van der Waals surface area contributed by atoms with E-state index in [0.717, 1.165) is 37.3 Å². The molecule has 3 aromatic rings. The van der Waals surface area contributed by atoms with Crippen molar-refractivity contribution in [3.8, 4) is 5.75 Å². The Morgan fingerprint density at radius 2 is 1.91 bits per heavy atom. The monoisotopic (exact) mass is 494 g/mol. The van der Waals surface area contributed by atoms with Gasteiger partial charge in [0, 0.05) is 30.9 Å². The zero-order chi connectivity index (χ0) is 24.2. The first-order chi connectivity index (χ1) is 17.1. The molecule has 0 radical (unpaired) electrons. The Hall–Kier alpha value is -3.56. The minimum Gasteiger partial charge on any atom is -0.494 e. The minimum atomic E-state index is -0.121. The molecule has 3 N–H and O–H groups in total. The van der Waals surface area contributed by atoms with Crippen LogP contribution in [-0.4, -0.2) is 55.3 Å². The van der Waals surface area contributed by atoms with E-state index >= 15 is 0 Å². The van der Waals surface area contributed by atoms with Crippen molar-refractivity contribution in [1.29, 1.82) is 0 Å². The number of ether oxygens (including phenoxy) is 2. The highest BCUT2D eigenvalue weighted by Crippen LogP contribution is 2.33. The van der Waals surface area contributed by atoms with Crippen molar-refractivity contribution in [2.75, 3.05) is 48.9 Å². The molecule has 1 saturated heterocycles. The second-order valence-electron chi connectivity index (χ2n) is 8.42. The van der Waals surface area contributed by atoms with Crippen LogP contribution in [0, 0.1) is 0 Å². The number of nitrogens with one attached hydrogen (secondary N) is 3. The number of morpholine rings is 1. The van der Waals surface area contributed by atoms with Crippen molar-refractivity contribution >= 4 is 46.3 Å². The van der Waals surface area contributed by atoms with Gasteiger partial charge in [0.05, 0.1) is 43.5 Å². The lowest BCUT2D eigenvalue weighted by molar-refractivity contribution is 0.0952. The Morgan fingerprint density at radius 1 is 1.11 bits per heavy atom. The molecule has 2 fully saturated rings. The number of amides is 1. The van der Waals surface area contributed by atoms with Gasteiger partial charge in [0.2, 0.25) is 5.95 Å². The molecule has 0 bridgehead atoms. The van der Waals surface area contributed by atoms with Crippen molar-refractivity contribution in [3.05, 3.63) is 59.2 Å². The largest absolute Gasteiger partial charge is 0.494 e. The summed E-state index contributed by atoms with van der Waals surface area (Å²) in [7, 11) is 1.63. The smallest absolute Gasteiger partial charge is 0.253 e. The number of aromatic nitrogens is 2. The first-order valence-electron chi connectivity index (χ1n) is 11.6. The summed E-state index contributed by atoms with van der Waals surface area (Å²) in [4.78, 5) is 23.8. The van der Waals surface area contributed by atoms with Crippen LogP contribution in [0.2, 0.25) is 5.02 Å². The maximum absolute atomic E-state index is 12.7. The third kappa shape index (κ3) is 5.58. The molecule has 5 rings (SSSR count). The highest BCUT2D eigenvalue weighted by Gasteiger charge is 2.25. The lowest BCUT2D eigenvalue weighted by atomic mass is 10.1. The molecule has 182 valence electrons. The van der Waals surface area contributed by atoms with Crippen LogP contribution in [0.15, 0.2) is 48.7 Å². The first-order valence-corrected chi connectivity index (χ1v) is 12.0. The van der Waals surface area contributed by atoms with E-state index in [0.29, 0.717) is 47.0 Å². The van der Waals surface area contributed by atoms with Crippen LogP contribution in [0.3, 0.4) is 0 Å². The molecule has 0 unspecified atom stereocenters. The van der Waals surface area contributed by atoms with E-state index in [-0.39, 0.29) is 11.9 Å². The number of hydrogen-bond acceptors (Lipinski definition) is 8. The highest BCUT2D eigenvalue weighted by atomic mass is 35.5. The summed E-state index contributed by atoms with van der Waals surface area (Å²) in [5.41, 5.74) is 2.94. The zero-order valence-corrected chi connectivity index (χ0v) is 20.1. The summed E-state index contributed by atoms with van der Waals surface area (Å²) in [6.45, 7) is 3.10. The molecule has 1 amide bonds. The maximum Gasteiger partial charge on any atom is 0.253 e. The van der Waals surface area contributed by atoms with E-state index in [2.05, 4.69) is 30.8 Å². The molecule has 10 heteroatoms. The fraction of sp³-hybridized carbons (Fsp3) is 0.320. The average Bonchev–Trinajstić information content (AvgIpc) is 3.71. The molecular formula is C25H27ClN6O3. The predicted molar refractivity (Wildman–Crippen MR) is 137 cm³/mol. The molecule has 0 spiro atoms. The summed E-state index contributed by atoms with van der Waals surface area (Å²) in [5, 5.41) is 9.75. The van der Waals surface area contributed by atoms with Gasteiger partial charge in [-0.25, -0.2) is 4.98 Å². The number of rotatable bonds is 8. The van der Waals surface area contributed by atoms with Gasteiger partial charge in [-0.1, -0.05) is 23.7 Å². The van der Waals surface area contributed by atoms with Crippen LogP contribution in [0.25, 0.3) is 0 Å². The molecule has 2 aliphatic rings. The van der Waals surface area contributed by atoms with E-state index in [1.54, 1.807) is 13.2 Å². The summed E-state index contributed by atoms with van der Waals surface area (Å²) in [6.07, 6.45) is 3.55. The number of anilines is 5. The topological polar surface area (TPSA) is 101 Å². The summed E-state index contributed by atoms with van der Waals surface area (Å²) in [5.74, 6) is 1.28. The van der Waals surface area contributed by atoms with Crippen LogP contribution in [0.5, 0.6) is 5.75 Å². The Bertz CT molecular complexity index is 1210. The highest BCUT2D eigenvalue weighted by molar-refractivity contribution is 6.33. The van der Waals surface area contributed by atoms with Gasteiger partial charge in [-0.3, -0.25) is 4.79 Å². The molecule has 2 aromatic carbocycles. The summed E-state index contributed by atoms with van der Waals surface area (Å²) < 4.78 is 11.1. The van der Waals surface area contributed by atoms with Crippen LogP contribution in [0.4, 0.5) is 28.8 Å². The lowest BCUT2D eigenvalue weighted by Crippen LogP contribution is -2.36. The van der Waals surface area contributed by atoms with E-state index in [1.165, 1.54) is 6.20 Å². The summed E-state index contributed by atoms with van der Waals surface area (Å²) in [6, 6.07) is 13.5. The first kappa shape index (κ1) is 23.2. The fourth-order valence-electron chi connectivity index (χ4n) is 3.85. The third-order valence-corrected chi connectivity index (χ3v) is 6.17. The number of carbonyl (C=O) groups excluding carboxylic acids is 1. The second kappa shape index (κ2) is 10.4. The number of halogens is 1. The second-order valence-corrected chi connectivity index (χ2v) is 8.82. The quantitative estimate of drug-likeness (QED) is 0.425. The Labute approximate surface area is 208 Å². The van der Waals surface area contributed by atoms with E-state index in [9.17, 15) is 4.79 Å². The van der Waals surface area contributed by atoms with Crippen LogP contribution in [0.1, 0.15) is 23.2 Å². The van der Waals surface area contributed by atoms with Gasteiger partial charge >= 0.3 is 0 Å². The van der Waals surface area contributed by atoms with Gasteiger partial charge in [0.1, 0.15) is 10.8 Å². The van der Waals surface area contributed by atoms with E-state index in [4.69, 9.17) is 21.1 Å². The zero-order valence-electron chi connectivity index (χ0n) is 19.4. The van der Waals surface area contributed by atoms with E-state index < -0.39 is 0 Å². The van der Waals surface area contributed by atoms with Crippen LogP contribution >= 0.6 is 11.6 Å². The standard InChI is InChI=1S/C25H27ClN6O3/c1-34-22-14-17(32-10-12-35-13-11-32)8-9-21(22)30-25-27-15-19(26)23(31-25)29-20-5-3-2-4-18(20)24(33)28-16-6-7-16/h2-5,8-9,14-16H,6-7,10-13H2,1H3,(H,28,33)(H2,27,29,30,31). The van der Waals surface area contributed by atoms with Crippen LogP contribution in [-0.2, 0) is 4.74 Å². The van der Waals surface area contributed by atoms with Gasteiger partial charge in [0.25, 0.3) is 5.91 Å². The van der Waals surface area contributed by atoms with Crippen molar-refractivity contribution in [2.24, 2.45) is 0 Å². The number of hydrogen-bond donors (Lipinski definition) is 3. The Balaban J connectivity index is 1.35. The fourth-order valence-corrected chi connectivity index (χ4v) is 3.98. The molecule has 1 saturated carbocycles. The number of methoxy groups -OCH3 is 1. The molecule has 1 aliphatic carbocycles. The Kier molecular flexibility index (Phi) is 6.87. The van der Waals surface area contributed by atoms with Gasteiger partial charge in [-0.2, -0.15) is 4.98 Å². The van der Waals surface area contributed by atoms with Crippen molar-refractivity contribution in [2.45, 2.75) is 18.9 Å². The van der Waals surface area contributed by atoms with Gasteiger partial charge in [0.15, 0.2) is 5.82 Å². The van der Waals surface area contributed by atoms with Gasteiger partial charge < -0.3 is 30.3 Å². The van der Waals surface area contributed by atoms with Crippen LogP contribution < -0.4 is 25.6 Å². The number of nitrogens with zero attached hydrogens (tertiary/aromatic N) is 3. The molecule has 1 aliphatic heterocycles. The van der Waals surface area contributed by atoms with Crippen molar-refractivity contribution in [1.82, 2.24) is 15.3 Å². The predicted octanol–water partition coefficient (Wildman–Crippen LogP) is 4.35. The molecule has 9 nitrogen and oxygen atoms in total. The summed E-state index contributed by atoms with van der Waals surface area (Å²) >= 11 is 6.38. The molecule has 35 heavy (non-hydrogen) atoms. The van der Waals surface area contributed by atoms with Gasteiger partial charge in [-0.15, -0.1) is 0 Å². The number of carbonyl (C=O) groups is 1. The van der Waals surface area contributed by atoms with Crippen molar-refractivity contribution in [3.63, 3.8) is 0 Å². The molecule has 1 aromatic heterocycles.